The number of carbonyl (C=O) groups excluding carboxylic acids is 1. The van der Waals surface area contributed by atoms with Gasteiger partial charge in [0, 0.05) is 13.0 Å². The van der Waals surface area contributed by atoms with Crippen LogP contribution in [0.1, 0.15) is 40.0 Å². The highest BCUT2D eigenvalue weighted by atomic mass is 16.3. The van der Waals surface area contributed by atoms with E-state index in [1.807, 2.05) is 0 Å². The minimum absolute atomic E-state index is 0.0172. The lowest BCUT2D eigenvalue weighted by Gasteiger charge is -2.19. The normalized spacial score (nSPS) is 14.9. The van der Waals surface area contributed by atoms with Crippen molar-refractivity contribution in [3.63, 3.8) is 0 Å². The summed E-state index contributed by atoms with van der Waals surface area (Å²) < 4.78 is 0. The molecule has 2 atom stereocenters. The summed E-state index contributed by atoms with van der Waals surface area (Å²) in [4.78, 5) is 11.4. The van der Waals surface area contributed by atoms with E-state index >= 15 is 0 Å². The van der Waals surface area contributed by atoms with E-state index in [1.165, 1.54) is 0 Å². The molecule has 0 fully saturated rings. The smallest absolute Gasteiger partial charge is 0.220 e. The first-order valence-corrected chi connectivity index (χ1v) is 6.12. The van der Waals surface area contributed by atoms with E-state index < -0.39 is 6.10 Å². The molecule has 4 N–H and O–H groups in total. The molecule has 0 aliphatic carbocycles. The molecule has 0 aliphatic heterocycles. The van der Waals surface area contributed by atoms with Crippen molar-refractivity contribution in [2.45, 2.75) is 46.1 Å². The zero-order valence-electron chi connectivity index (χ0n) is 10.7. The van der Waals surface area contributed by atoms with Crippen LogP contribution in [-0.2, 0) is 4.79 Å². The fourth-order valence-corrected chi connectivity index (χ4v) is 1.69. The maximum atomic E-state index is 11.4. The number of rotatable bonds is 8. The Hall–Kier alpha value is -0.610. The van der Waals surface area contributed by atoms with Gasteiger partial charge in [-0.05, 0) is 38.1 Å². The van der Waals surface area contributed by atoms with Crippen LogP contribution in [0.2, 0.25) is 0 Å². The lowest BCUT2D eigenvalue weighted by molar-refractivity contribution is -0.121. The van der Waals surface area contributed by atoms with E-state index in [-0.39, 0.29) is 5.91 Å². The van der Waals surface area contributed by atoms with Gasteiger partial charge in [0.25, 0.3) is 0 Å². The molecule has 16 heavy (non-hydrogen) atoms. The molecule has 4 nitrogen and oxygen atoms in total. The molecule has 1 amide bonds. The molecule has 0 rings (SSSR count). The topological polar surface area (TPSA) is 75.4 Å². The van der Waals surface area contributed by atoms with Crippen molar-refractivity contribution in [3.8, 4) is 0 Å². The van der Waals surface area contributed by atoms with Gasteiger partial charge >= 0.3 is 0 Å². The molecule has 4 heteroatoms. The van der Waals surface area contributed by atoms with E-state index in [9.17, 15) is 4.79 Å². The van der Waals surface area contributed by atoms with E-state index in [1.54, 1.807) is 6.92 Å². The summed E-state index contributed by atoms with van der Waals surface area (Å²) in [5, 5.41) is 11.7. The van der Waals surface area contributed by atoms with Crippen molar-refractivity contribution in [2.24, 2.45) is 17.6 Å². The second-order valence-corrected chi connectivity index (χ2v) is 4.77. The summed E-state index contributed by atoms with van der Waals surface area (Å²) in [6.07, 6.45) is 1.89. The Balaban J connectivity index is 3.78. The Bertz CT molecular complexity index is 193. The molecule has 0 saturated heterocycles. The van der Waals surface area contributed by atoms with Gasteiger partial charge in [-0.2, -0.15) is 0 Å². The van der Waals surface area contributed by atoms with Gasteiger partial charge in [0.15, 0.2) is 0 Å². The van der Waals surface area contributed by atoms with Crippen molar-refractivity contribution in [1.29, 1.82) is 0 Å². The van der Waals surface area contributed by atoms with E-state index in [4.69, 9.17) is 10.8 Å². The van der Waals surface area contributed by atoms with Gasteiger partial charge in [-0.3, -0.25) is 4.79 Å². The number of nitrogens with two attached hydrogens (primary N) is 1. The van der Waals surface area contributed by atoms with Crippen molar-refractivity contribution < 1.29 is 9.90 Å². The van der Waals surface area contributed by atoms with Crippen LogP contribution in [-0.4, -0.2) is 30.2 Å². The predicted molar refractivity (Wildman–Crippen MR) is 65.9 cm³/mol. The highest BCUT2D eigenvalue weighted by Gasteiger charge is 2.14. The average Bonchev–Trinajstić information content (AvgIpc) is 2.20. The third kappa shape index (κ3) is 7.65. The summed E-state index contributed by atoms with van der Waals surface area (Å²) >= 11 is 0. The number of hydrogen-bond acceptors (Lipinski definition) is 3. The standard InChI is InChI=1S/C12H26N2O2/c1-9(2)11(6-7-13)4-5-12(16)14-8-10(3)15/h9-11,15H,4-8,13H2,1-3H3,(H,14,16)/t10-,11?/m0/s1. The quantitative estimate of drug-likeness (QED) is 0.579. The lowest BCUT2D eigenvalue weighted by Crippen LogP contribution is -2.31. The molecule has 0 saturated carbocycles. The molecule has 0 bridgehead atoms. The first-order chi connectivity index (χ1) is 7.47. The van der Waals surface area contributed by atoms with Gasteiger partial charge in [0.05, 0.1) is 6.10 Å². The number of carbonyl (C=O) groups is 1. The van der Waals surface area contributed by atoms with E-state index in [0.717, 1.165) is 12.8 Å². The maximum Gasteiger partial charge on any atom is 0.220 e. The predicted octanol–water partition coefficient (Wildman–Crippen LogP) is 0.885. The SMILES string of the molecule is CC(C)C(CCN)CCC(=O)NC[C@H](C)O. The maximum absolute atomic E-state index is 11.4. The number of aliphatic hydroxyl groups is 1. The van der Waals surface area contributed by atoms with Crippen molar-refractivity contribution in [1.82, 2.24) is 5.32 Å². The third-order valence-electron chi connectivity index (χ3n) is 2.82. The van der Waals surface area contributed by atoms with Crippen LogP contribution in [0.5, 0.6) is 0 Å². The Morgan fingerprint density at radius 2 is 1.94 bits per heavy atom. The van der Waals surface area contributed by atoms with Crippen molar-refractivity contribution in [2.75, 3.05) is 13.1 Å². The lowest BCUT2D eigenvalue weighted by atomic mass is 9.88. The van der Waals surface area contributed by atoms with E-state index in [0.29, 0.717) is 31.3 Å². The highest BCUT2D eigenvalue weighted by Crippen LogP contribution is 2.20. The fraction of sp³-hybridized carbons (Fsp3) is 0.917. The van der Waals surface area contributed by atoms with Crippen LogP contribution < -0.4 is 11.1 Å². The van der Waals surface area contributed by atoms with Crippen LogP contribution in [0, 0.1) is 11.8 Å². The second-order valence-electron chi connectivity index (χ2n) is 4.77. The molecule has 0 radical (unpaired) electrons. The molecule has 1 unspecified atom stereocenters. The minimum atomic E-state index is -0.478. The number of amides is 1. The summed E-state index contributed by atoms with van der Waals surface area (Å²) in [7, 11) is 0. The van der Waals surface area contributed by atoms with Crippen LogP contribution in [0.3, 0.4) is 0 Å². The van der Waals surface area contributed by atoms with Crippen LogP contribution in [0.25, 0.3) is 0 Å². The largest absolute Gasteiger partial charge is 0.392 e. The molecular formula is C12H26N2O2. The Morgan fingerprint density at radius 1 is 1.31 bits per heavy atom. The first kappa shape index (κ1) is 15.4. The van der Waals surface area contributed by atoms with Crippen LogP contribution in [0.15, 0.2) is 0 Å². The van der Waals surface area contributed by atoms with Gasteiger partial charge in [0.2, 0.25) is 5.91 Å². The summed E-state index contributed by atoms with van der Waals surface area (Å²) in [5.74, 6) is 1.10. The fourth-order valence-electron chi connectivity index (χ4n) is 1.69. The monoisotopic (exact) mass is 230 g/mol. The van der Waals surface area contributed by atoms with Crippen LogP contribution >= 0.6 is 0 Å². The Labute approximate surface area is 98.6 Å². The summed E-state index contributed by atoms with van der Waals surface area (Å²) in [6, 6.07) is 0. The second kappa shape index (κ2) is 8.53. The summed E-state index contributed by atoms with van der Waals surface area (Å²) in [5.41, 5.74) is 5.54. The molecule has 0 aromatic carbocycles. The van der Waals surface area contributed by atoms with E-state index in [2.05, 4.69) is 19.2 Å². The van der Waals surface area contributed by atoms with Crippen molar-refractivity contribution in [3.05, 3.63) is 0 Å². The zero-order chi connectivity index (χ0) is 12.6. The molecule has 0 aromatic heterocycles. The zero-order valence-corrected chi connectivity index (χ0v) is 10.7. The number of aliphatic hydroxyl groups excluding tert-OH is 1. The number of nitrogens with one attached hydrogen (secondary N) is 1. The number of hydrogen-bond donors (Lipinski definition) is 3. The van der Waals surface area contributed by atoms with Gasteiger partial charge in [-0.25, -0.2) is 0 Å². The minimum Gasteiger partial charge on any atom is -0.392 e. The molecule has 0 heterocycles. The molecule has 0 aliphatic rings. The first-order valence-electron chi connectivity index (χ1n) is 6.12. The molecule has 0 spiro atoms. The van der Waals surface area contributed by atoms with Crippen LogP contribution in [0.4, 0.5) is 0 Å². The van der Waals surface area contributed by atoms with Crippen molar-refractivity contribution >= 4 is 5.91 Å². The van der Waals surface area contributed by atoms with Gasteiger partial charge in [-0.15, -0.1) is 0 Å². The van der Waals surface area contributed by atoms with Gasteiger partial charge in [-0.1, -0.05) is 13.8 Å². The molecule has 0 aromatic rings. The highest BCUT2D eigenvalue weighted by molar-refractivity contribution is 5.75. The Morgan fingerprint density at radius 3 is 2.38 bits per heavy atom. The van der Waals surface area contributed by atoms with Gasteiger partial charge < -0.3 is 16.2 Å². The third-order valence-corrected chi connectivity index (χ3v) is 2.82. The molecule has 96 valence electrons. The average molecular weight is 230 g/mol. The molecular weight excluding hydrogens is 204 g/mol. The Kier molecular flexibility index (Phi) is 8.21. The van der Waals surface area contributed by atoms with Gasteiger partial charge in [0.1, 0.15) is 0 Å². The summed E-state index contributed by atoms with van der Waals surface area (Å²) in [6.45, 7) is 6.99.